The van der Waals surface area contributed by atoms with Crippen molar-refractivity contribution >= 4 is 17.7 Å². The molecule has 1 N–H and O–H groups in total. The van der Waals surface area contributed by atoms with Gasteiger partial charge in [-0.15, -0.1) is 0 Å². The normalized spacial score (nSPS) is 20.9. The quantitative estimate of drug-likeness (QED) is 0.404. The third kappa shape index (κ3) is 5.03. The molecule has 0 aromatic heterocycles. The molecule has 0 radical (unpaired) electrons. The summed E-state index contributed by atoms with van der Waals surface area (Å²) in [5.74, 6) is -2.59. The van der Waals surface area contributed by atoms with Crippen LogP contribution >= 0.6 is 0 Å². The van der Waals surface area contributed by atoms with E-state index in [2.05, 4.69) is 5.32 Å². The summed E-state index contributed by atoms with van der Waals surface area (Å²) >= 11 is 0. The maximum atomic E-state index is 14.3. The third-order valence-electron chi connectivity index (χ3n) is 7.00. The Bertz CT molecular complexity index is 1310. The molecule has 8 heteroatoms. The molecule has 3 atom stereocenters. The van der Waals surface area contributed by atoms with E-state index >= 15 is 0 Å². The first kappa shape index (κ1) is 27.0. The zero-order chi connectivity index (χ0) is 27.4. The SMILES string of the molecule is CCOC(=O)C1=C(C)NC2=C(C(=O)[C@H](C(=O)OCC)[C@H](c3cccc(OC)c3)C2)[C@@H]1c1cccc(OC)c1. The van der Waals surface area contributed by atoms with Gasteiger partial charge < -0.3 is 24.3 Å². The average molecular weight is 520 g/mol. The van der Waals surface area contributed by atoms with Crippen LogP contribution in [0.4, 0.5) is 0 Å². The molecule has 0 unspecified atom stereocenters. The van der Waals surface area contributed by atoms with Crippen molar-refractivity contribution in [2.45, 2.75) is 39.0 Å². The first-order valence-corrected chi connectivity index (χ1v) is 12.7. The summed E-state index contributed by atoms with van der Waals surface area (Å²) in [7, 11) is 3.13. The van der Waals surface area contributed by atoms with Crippen LogP contribution in [0, 0.1) is 5.92 Å². The Hall–Kier alpha value is -4.07. The highest BCUT2D eigenvalue weighted by Crippen LogP contribution is 2.48. The van der Waals surface area contributed by atoms with Gasteiger partial charge in [0.2, 0.25) is 0 Å². The molecule has 0 bridgehead atoms. The number of benzene rings is 2. The molecule has 0 fully saturated rings. The third-order valence-corrected chi connectivity index (χ3v) is 7.00. The molecule has 200 valence electrons. The molecule has 38 heavy (non-hydrogen) atoms. The largest absolute Gasteiger partial charge is 0.497 e. The van der Waals surface area contributed by atoms with Crippen molar-refractivity contribution < 1.29 is 33.3 Å². The highest BCUT2D eigenvalue weighted by atomic mass is 16.5. The van der Waals surface area contributed by atoms with Gasteiger partial charge in [0.25, 0.3) is 0 Å². The minimum absolute atomic E-state index is 0.143. The predicted molar refractivity (Wildman–Crippen MR) is 141 cm³/mol. The Morgan fingerprint density at radius 1 is 0.921 bits per heavy atom. The van der Waals surface area contributed by atoms with Crippen molar-refractivity contribution in [3.05, 3.63) is 82.2 Å². The molecule has 0 spiro atoms. The number of allylic oxidation sites excluding steroid dienone is 3. The summed E-state index contributed by atoms with van der Waals surface area (Å²) in [5, 5.41) is 3.31. The van der Waals surface area contributed by atoms with Crippen molar-refractivity contribution in [2.75, 3.05) is 27.4 Å². The minimum Gasteiger partial charge on any atom is -0.497 e. The number of hydrogen-bond acceptors (Lipinski definition) is 8. The van der Waals surface area contributed by atoms with E-state index in [4.69, 9.17) is 18.9 Å². The Labute approximate surface area is 222 Å². The number of methoxy groups -OCH3 is 2. The highest BCUT2D eigenvalue weighted by molar-refractivity contribution is 6.13. The number of rotatable bonds is 8. The summed E-state index contributed by atoms with van der Waals surface area (Å²) in [5.41, 5.74) is 3.44. The van der Waals surface area contributed by atoms with E-state index < -0.39 is 29.7 Å². The first-order valence-electron chi connectivity index (χ1n) is 12.7. The van der Waals surface area contributed by atoms with Gasteiger partial charge in [-0.2, -0.15) is 0 Å². The molecule has 0 saturated carbocycles. The van der Waals surface area contributed by atoms with Crippen molar-refractivity contribution in [3.8, 4) is 11.5 Å². The van der Waals surface area contributed by atoms with Crippen molar-refractivity contribution in [1.82, 2.24) is 5.32 Å². The van der Waals surface area contributed by atoms with Gasteiger partial charge in [0.05, 0.1) is 33.0 Å². The Morgan fingerprint density at radius 3 is 2.13 bits per heavy atom. The molecule has 4 rings (SSSR count). The molecule has 0 amide bonds. The summed E-state index contributed by atoms with van der Waals surface area (Å²) in [6, 6.07) is 14.6. The van der Waals surface area contributed by atoms with Crippen LogP contribution < -0.4 is 14.8 Å². The van der Waals surface area contributed by atoms with Crippen molar-refractivity contribution in [1.29, 1.82) is 0 Å². The standard InChI is InChI=1S/C30H33NO7/c1-6-37-29(33)24-17(3)31-23-16-22(18-10-8-12-20(14-18)35-4)26(30(34)38-7-2)28(32)27(23)25(24)19-11-9-13-21(15-19)36-5/h8-15,22,25-26,31H,6-7,16H2,1-5H3/t22-,25+,26+/m0/s1. The second-order valence-electron chi connectivity index (χ2n) is 9.17. The first-order chi connectivity index (χ1) is 18.3. The summed E-state index contributed by atoms with van der Waals surface area (Å²) in [4.78, 5) is 40.9. The topological polar surface area (TPSA) is 100 Å². The number of nitrogens with one attached hydrogen (secondary N) is 1. The Morgan fingerprint density at radius 2 is 1.53 bits per heavy atom. The fourth-order valence-corrected chi connectivity index (χ4v) is 5.36. The molecule has 2 aromatic carbocycles. The van der Waals surface area contributed by atoms with Crippen molar-refractivity contribution in [3.63, 3.8) is 0 Å². The maximum absolute atomic E-state index is 14.3. The summed E-state index contributed by atoms with van der Waals surface area (Å²) in [6.45, 7) is 5.57. The predicted octanol–water partition coefficient (Wildman–Crippen LogP) is 4.42. The van der Waals surface area contributed by atoms with Crippen LogP contribution in [-0.4, -0.2) is 45.2 Å². The zero-order valence-electron chi connectivity index (χ0n) is 22.3. The number of esters is 2. The number of carbonyl (C=O) groups excluding carboxylic acids is 3. The molecular weight excluding hydrogens is 486 g/mol. The molecule has 1 aliphatic heterocycles. The second kappa shape index (κ2) is 11.5. The van der Waals surface area contributed by atoms with Gasteiger partial charge in [0, 0.05) is 28.8 Å². The average Bonchev–Trinajstić information content (AvgIpc) is 2.92. The second-order valence-corrected chi connectivity index (χ2v) is 9.17. The minimum atomic E-state index is -1.09. The number of Topliss-reactive ketones (excluding diaryl/α,β-unsaturated/α-hetero) is 1. The van der Waals surface area contributed by atoms with E-state index in [9.17, 15) is 14.4 Å². The number of carbonyl (C=O) groups is 3. The number of ketones is 1. The smallest absolute Gasteiger partial charge is 0.336 e. The van der Waals surface area contributed by atoms with Crippen molar-refractivity contribution in [2.24, 2.45) is 5.92 Å². The number of hydrogen-bond donors (Lipinski definition) is 1. The van der Waals surface area contributed by atoms with E-state index in [1.165, 1.54) is 0 Å². The molecule has 0 saturated heterocycles. The van der Waals surface area contributed by atoms with Gasteiger partial charge >= 0.3 is 11.9 Å². The van der Waals surface area contributed by atoms with Crippen LogP contribution in [0.1, 0.15) is 50.2 Å². The lowest BCUT2D eigenvalue weighted by molar-refractivity contribution is -0.152. The van der Waals surface area contributed by atoms with E-state index in [0.29, 0.717) is 46.0 Å². The number of ether oxygens (including phenoxy) is 4. The molecule has 1 heterocycles. The fraction of sp³-hybridized carbons (Fsp3) is 0.367. The van der Waals surface area contributed by atoms with E-state index in [-0.39, 0.29) is 19.0 Å². The monoisotopic (exact) mass is 519 g/mol. The van der Waals surface area contributed by atoms with Crippen LogP contribution in [0.25, 0.3) is 0 Å². The fourth-order valence-electron chi connectivity index (χ4n) is 5.36. The van der Waals surface area contributed by atoms with Gasteiger partial charge in [-0.25, -0.2) is 4.79 Å². The summed E-state index contributed by atoms with van der Waals surface area (Å²) in [6.07, 6.45) is 0.367. The maximum Gasteiger partial charge on any atom is 0.336 e. The van der Waals surface area contributed by atoms with E-state index in [1.54, 1.807) is 47.1 Å². The highest BCUT2D eigenvalue weighted by Gasteiger charge is 2.49. The summed E-state index contributed by atoms with van der Waals surface area (Å²) < 4.78 is 21.6. The lowest BCUT2D eigenvalue weighted by Gasteiger charge is -2.39. The molecule has 2 aliphatic rings. The molecule has 8 nitrogen and oxygen atoms in total. The zero-order valence-corrected chi connectivity index (χ0v) is 22.3. The van der Waals surface area contributed by atoms with Crippen LogP contribution in [0.5, 0.6) is 11.5 Å². The van der Waals surface area contributed by atoms with Crippen LogP contribution in [0.15, 0.2) is 71.1 Å². The number of dihydropyridines is 1. The molecule has 1 aliphatic carbocycles. The van der Waals surface area contributed by atoms with Gasteiger partial charge in [0.1, 0.15) is 17.4 Å². The Kier molecular flexibility index (Phi) is 8.20. The van der Waals surface area contributed by atoms with Crippen LogP contribution in [0.3, 0.4) is 0 Å². The van der Waals surface area contributed by atoms with Gasteiger partial charge in [-0.1, -0.05) is 24.3 Å². The lowest BCUT2D eigenvalue weighted by Crippen LogP contribution is -2.43. The van der Waals surface area contributed by atoms with Crippen LogP contribution in [0.2, 0.25) is 0 Å². The lowest BCUT2D eigenvalue weighted by atomic mass is 9.67. The van der Waals surface area contributed by atoms with Gasteiger partial charge in [-0.05, 0) is 62.6 Å². The van der Waals surface area contributed by atoms with Gasteiger partial charge in [0.15, 0.2) is 5.78 Å². The van der Waals surface area contributed by atoms with Crippen LogP contribution in [-0.2, 0) is 23.9 Å². The Balaban J connectivity index is 1.91. The molecule has 2 aromatic rings. The van der Waals surface area contributed by atoms with E-state index in [1.807, 2.05) is 36.4 Å². The molecular formula is C30H33NO7. The van der Waals surface area contributed by atoms with E-state index in [0.717, 1.165) is 5.56 Å². The van der Waals surface area contributed by atoms with Gasteiger partial charge in [-0.3, -0.25) is 9.59 Å².